The summed E-state index contributed by atoms with van der Waals surface area (Å²) in [5.41, 5.74) is 7.74. The normalized spacial score (nSPS) is 10.4. The number of ketones is 1. The third-order valence-corrected chi connectivity index (χ3v) is 2.53. The van der Waals surface area contributed by atoms with E-state index < -0.39 is 0 Å². The van der Waals surface area contributed by atoms with Gasteiger partial charge < -0.3 is 10.2 Å². The lowest BCUT2D eigenvalue weighted by Gasteiger charge is -2.02. The smallest absolute Gasteiger partial charge is 0.228 e. The molecule has 0 aliphatic rings. The third-order valence-electron chi connectivity index (χ3n) is 2.33. The molecule has 16 heavy (non-hydrogen) atoms. The van der Waals surface area contributed by atoms with E-state index in [1.54, 1.807) is 30.3 Å². The maximum absolute atomic E-state index is 11.9. The van der Waals surface area contributed by atoms with Gasteiger partial charge >= 0.3 is 0 Å². The summed E-state index contributed by atoms with van der Waals surface area (Å²) in [4.78, 5) is 11.9. The quantitative estimate of drug-likeness (QED) is 0.643. The number of nitrogens with two attached hydrogens (primary N) is 1. The molecule has 0 amide bonds. The second-order valence-corrected chi connectivity index (χ2v) is 3.88. The van der Waals surface area contributed by atoms with Crippen molar-refractivity contribution in [2.45, 2.75) is 6.92 Å². The summed E-state index contributed by atoms with van der Waals surface area (Å²) >= 11 is 5.61. The number of carbonyl (C=O) groups excluding carboxylic acids is 1. The highest BCUT2D eigenvalue weighted by atomic mass is 35.5. The van der Waals surface area contributed by atoms with Gasteiger partial charge in [0.25, 0.3) is 0 Å². The monoisotopic (exact) mass is 235 g/mol. The molecule has 3 nitrogen and oxygen atoms in total. The van der Waals surface area contributed by atoms with Gasteiger partial charge in [0.2, 0.25) is 5.78 Å². The van der Waals surface area contributed by atoms with Crippen molar-refractivity contribution in [1.29, 1.82) is 0 Å². The Bertz CT molecular complexity index is 546. The Hall–Kier alpha value is -1.74. The van der Waals surface area contributed by atoms with Crippen LogP contribution in [-0.4, -0.2) is 5.78 Å². The molecule has 2 rings (SSSR count). The molecule has 0 saturated heterocycles. The summed E-state index contributed by atoms with van der Waals surface area (Å²) in [7, 11) is 0. The van der Waals surface area contributed by atoms with E-state index in [0.717, 1.165) is 5.56 Å². The highest BCUT2D eigenvalue weighted by Gasteiger charge is 2.13. The van der Waals surface area contributed by atoms with Crippen molar-refractivity contribution in [3.63, 3.8) is 0 Å². The van der Waals surface area contributed by atoms with Crippen molar-refractivity contribution in [1.82, 2.24) is 0 Å². The first-order valence-electron chi connectivity index (χ1n) is 4.74. The van der Waals surface area contributed by atoms with Crippen molar-refractivity contribution in [3.8, 4) is 0 Å². The zero-order valence-corrected chi connectivity index (χ0v) is 9.41. The zero-order valence-electron chi connectivity index (χ0n) is 8.66. The molecule has 0 radical (unpaired) electrons. The molecule has 0 bridgehead atoms. The van der Waals surface area contributed by atoms with Crippen LogP contribution in [-0.2, 0) is 0 Å². The minimum absolute atomic E-state index is 0.199. The average molecular weight is 236 g/mol. The number of hydrogen-bond donors (Lipinski definition) is 1. The van der Waals surface area contributed by atoms with Crippen LogP contribution in [0.4, 0.5) is 5.69 Å². The number of rotatable bonds is 2. The third kappa shape index (κ3) is 1.95. The highest BCUT2D eigenvalue weighted by molar-refractivity contribution is 6.29. The SMILES string of the molecule is Cc1cc(C(=O)c2ccc(Cl)o2)ccc1N. The van der Waals surface area contributed by atoms with Gasteiger partial charge in [-0.2, -0.15) is 0 Å². The van der Waals surface area contributed by atoms with Gasteiger partial charge in [0.1, 0.15) is 0 Å². The lowest BCUT2D eigenvalue weighted by atomic mass is 10.1. The summed E-state index contributed by atoms with van der Waals surface area (Å²) in [6, 6.07) is 8.19. The van der Waals surface area contributed by atoms with Crippen molar-refractivity contribution >= 4 is 23.1 Å². The molecule has 0 atom stereocenters. The topological polar surface area (TPSA) is 56.2 Å². The molecule has 4 heteroatoms. The molecule has 82 valence electrons. The van der Waals surface area contributed by atoms with Crippen LogP contribution < -0.4 is 5.73 Å². The van der Waals surface area contributed by atoms with Crippen LogP contribution >= 0.6 is 11.6 Å². The standard InChI is InChI=1S/C12H10ClNO2/c1-7-6-8(2-3-9(7)14)12(15)10-4-5-11(13)16-10/h2-6H,14H2,1H3. The van der Waals surface area contributed by atoms with Crippen molar-refractivity contribution in [3.05, 3.63) is 52.4 Å². The van der Waals surface area contributed by atoms with Gasteiger partial charge in [0, 0.05) is 11.3 Å². The van der Waals surface area contributed by atoms with Crippen LogP contribution in [0, 0.1) is 6.92 Å². The van der Waals surface area contributed by atoms with Crippen LogP contribution in [0.5, 0.6) is 0 Å². The van der Waals surface area contributed by atoms with E-state index in [1.165, 1.54) is 0 Å². The van der Waals surface area contributed by atoms with Crippen molar-refractivity contribution in [2.24, 2.45) is 0 Å². The molecule has 2 N–H and O–H groups in total. The Morgan fingerprint density at radius 1 is 1.31 bits per heavy atom. The van der Waals surface area contributed by atoms with Gasteiger partial charge in [-0.25, -0.2) is 0 Å². The fourth-order valence-corrected chi connectivity index (χ4v) is 1.54. The van der Waals surface area contributed by atoms with E-state index >= 15 is 0 Å². The Balaban J connectivity index is 2.38. The van der Waals surface area contributed by atoms with Gasteiger partial charge in [0.15, 0.2) is 11.0 Å². The molecular weight excluding hydrogens is 226 g/mol. The molecule has 0 fully saturated rings. The van der Waals surface area contributed by atoms with E-state index in [1.807, 2.05) is 6.92 Å². The molecule has 0 unspecified atom stereocenters. The first-order valence-corrected chi connectivity index (χ1v) is 5.12. The van der Waals surface area contributed by atoms with Gasteiger partial charge in [0.05, 0.1) is 0 Å². The lowest BCUT2D eigenvalue weighted by molar-refractivity contribution is 0.101. The second kappa shape index (κ2) is 4.02. The molecule has 0 spiro atoms. The number of benzene rings is 1. The van der Waals surface area contributed by atoms with E-state index in [2.05, 4.69) is 0 Å². The van der Waals surface area contributed by atoms with Gasteiger partial charge in [-0.15, -0.1) is 0 Å². The van der Waals surface area contributed by atoms with Crippen LogP contribution in [0.15, 0.2) is 34.7 Å². The maximum atomic E-state index is 11.9. The summed E-state index contributed by atoms with van der Waals surface area (Å²) in [6.45, 7) is 1.85. The number of aryl methyl sites for hydroxylation is 1. The maximum Gasteiger partial charge on any atom is 0.228 e. The zero-order chi connectivity index (χ0) is 11.7. The number of hydrogen-bond acceptors (Lipinski definition) is 3. The molecule has 0 aliphatic carbocycles. The number of anilines is 1. The van der Waals surface area contributed by atoms with E-state index in [-0.39, 0.29) is 16.8 Å². The molecule has 1 aromatic carbocycles. The largest absolute Gasteiger partial charge is 0.441 e. The van der Waals surface area contributed by atoms with Gasteiger partial charge in [-0.3, -0.25) is 4.79 Å². The summed E-state index contributed by atoms with van der Waals surface area (Å²) in [6.07, 6.45) is 0. The van der Waals surface area contributed by atoms with E-state index in [4.69, 9.17) is 21.8 Å². The fraction of sp³-hybridized carbons (Fsp3) is 0.0833. The second-order valence-electron chi connectivity index (χ2n) is 3.50. The molecule has 1 aromatic heterocycles. The number of halogens is 1. The number of carbonyl (C=O) groups is 1. The summed E-state index contributed by atoms with van der Waals surface area (Å²) in [5.74, 6) is 0.0316. The average Bonchev–Trinajstić information content (AvgIpc) is 2.68. The molecule has 0 aliphatic heterocycles. The van der Waals surface area contributed by atoms with Gasteiger partial charge in [-0.05, 0) is 54.4 Å². The van der Waals surface area contributed by atoms with E-state index in [0.29, 0.717) is 11.3 Å². The summed E-state index contributed by atoms with van der Waals surface area (Å²) < 4.78 is 5.05. The highest BCUT2D eigenvalue weighted by Crippen LogP contribution is 2.19. The Morgan fingerprint density at radius 2 is 2.06 bits per heavy atom. The molecular formula is C12H10ClNO2. The minimum Gasteiger partial charge on any atom is -0.441 e. The molecule has 0 saturated carbocycles. The van der Waals surface area contributed by atoms with Crippen LogP contribution in [0.3, 0.4) is 0 Å². The Labute approximate surface area is 97.8 Å². The minimum atomic E-state index is -0.199. The van der Waals surface area contributed by atoms with E-state index in [9.17, 15) is 4.79 Å². The molecule has 2 aromatic rings. The lowest BCUT2D eigenvalue weighted by Crippen LogP contribution is -2.01. The van der Waals surface area contributed by atoms with Crippen molar-refractivity contribution in [2.75, 3.05) is 5.73 Å². The summed E-state index contributed by atoms with van der Waals surface area (Å²) in [5, 5.41) is 0.204. The fourth-order valence-electron chi connectivity index (χ4n) is 1.40. The number of nitrogen functional groups attached to an aromatic ring is 1. The molecule has 1 heterocycles. The van der Waals surface area contributed by atoms with Crippen LogP contribution in [0.25, 0.3) is 0 Å². The predicted octanol–water partition coefficient (Wildman–Crippen LogP) is 3.05. The Morgan fingerprint density at radius 3 is 2.62 bits per heavy atom. The first-order chi connectivity index (χ1) is 7.58. The first kappa shape index (κ1) is 10.8. The van der Waals surface area contributed by atoms with Crippen molar-refractivity contribution < 1.29 is 9.21 Å². The van der Waals surface area contributed by atoms with Crippen LogP contribution in [0.1, 0.15) is 21.7 Å². The predicted molar refractivity (Wildman–Crippen MR) is 62.7 cm³/mol. The van der Waals surface area contributed by atoms with Crippen LogP contribution in [0.2, 0.25) is 5.22 Å². The van der Waals surface area contributed by atoms with Gasteiger partial charge in [-0.1, -0.05) is 0 Å². The Kier molecular flexibility index (Phi) is 2.71. The number of furan rings is 1.